The first-order chi connectivity index (χ1) is 6.34. The average Bonchev–Trinajstić information content (AvgIpc) is 2.71. The minimum absolute atomic E-state index is 0.374. The molecule has 0 amide bonds. The molecule has 1 atom stereocenters. The normalized spacial score (nSPS) is 29.6. The fourth-order valence-corrected chi connectivity index (χ4v) is 2.72. The molecule has 0 aromatic carbocycles. The van der Waals surface area contributed by atoms with Crippen LogP contribution in [0.15, 0.2) is 11.6 Å². The smallest absolute Gasteiger partial charge is 0.0229 e. The molecule has 0 spiro atoms. The fourth-order valence-electron chi connectivity index (χ4n) is 2.72. The minimum Gasteiger partial charge on any atom is -0.324 e. The molecular weight excluding hydrogens is 158 g/mol. The van der Waals surface area contributed by atoms with Gasteiger partial charge < -0.3 is 5.73 Å². The first kappa shape index (κ1) is 9.26. The van der Waals surface area contributed by atoms with Gasteiger partial charge in [-0.3, -0.25) is 0 Å². The quantitative estimate of drug-likeness (QED) is 0.662. The van der Waals surface area contributed by atoms with Crippen LogP contribution in [-0.4, -0.2) is 6.04 Å². The Hall–Kier alpha value is -0.300. The summed E-state index contributed by atoms with van der Waals surface area (Å²) in [5.41, 5.74) is 7.47. The van der Waals surface area contributed by atoms with Crippen molar-refractivity contribution in [3.63, 3.8) is 0 Å². The molecule has 1 saturated carbocycles. The zero-order chi connectivity index (χ0) is 9.10. The van der Waals surface area contributed by atoms with Crippen molar-refractivity contribution in [2.75, 3.05) is 0 Å². The van der Waals surface area contributed by atoms with Crippen LogP contribution in [0, 0.1) is 5.92 Å². The van der Waals surface area contributed by atoms with E-state index < -0.39 is 0 Å². The van der Waals surface area contributed by atoms with Crippen LogP contribution < -0.4 is 5.73 Å². The Morgan fingerprint density at radius 2 is 2.00 bits per heavy atom. The van der Waals surface area contributed by atoms with Crippen molar-refractivity contribution in [3.05, 3.63) is 11.6 Å². The second kappa shape index (κ2) is 4.28. The van der Waals surface area contributed by atoms with Gasteiger partial charge in [0.25, 0.3) is 0 Å². The third-order valence-corrected chi connectivity index (χ3v) is 3.60. The summed E-state index contributed by atoms with van der Waals surface area (Å²) >= 11 is 0. The Labute approximate surface area is 81.4 Å². The number of rotatable bonds is 3. The maximum Gasteiger partial charge on any atom is 0.0229 e. The molecular formula is C12H21N. The highest BCUT2D eigenvalue weighted by atomic mass is 14.6. The molecule has 2 N–H and O–H groups in total. The summed E-state index contributed by atoms with van der Waals surface area (Å²) in [5, 5.41) is 0. The Morgan fingerprint density at radius 1 is 1.23 bits per heavy atom. The van der Waals surface area contributed by atoms with Crippen molar-refractivity contribution < 1.29 is 0 Å². The molecule has 1 nitrogen and oxygen atoms in total. The van der Waals surface area contributed by atoms with Gasteiger partial charge in [-0.05, 0) is 31.6 Å². The van der Waals surface area contributed by atoms with Gasteiger partial charge in [0.05, 0.1) is 0 Å². The van der Waals surface area contributed by atoms with Crippen LogP contribution in [0.4, 0.5) is 0 Å². The summed E-state index contributed by atoms with van der Waals surface area (Å²) in [6.45, 7) is 0. The fraction of sp³-hybridized carbons (Fsp3) is 0.833. The van der Waals surface area contributed by atoms with Gasteiger partial charge in [0, 0.05) is 6.04 Å². The van der Waals surface area contributed by atoms with E-state index in [-0.39, 0.29) is 0 Å². The molecule has 74 valence electrons. The highest BCUT2D eigenvalue weighted by Gasteiger charge is 2.17. The van der Waals surface area contributed by atoms with Gasteiger partial charge in [0.15, 0.2) is 0 Å². The molecule has 2 aliphatic rings. The van der Waals surface area contributed by atoms with E-state index in [0.29, 0.717) is 6.04 Å². The molecule has 2 rings (SSSR count). The van der Waals surface area contributed by atoms with Crippen molar-refractivity contribution in [1.82, 2.24) is 0 Å². The number of nitrogens with two attached hydrogens (primary N) is 1. The molecule has 0 bridgehead atoms. The van der Waals surface area contributed by atoms with E-state index in [0.717, 1.165) is 5.92 Å². The summed E-state index contributed by atoms with van der Waals surface area (Å²) in [6, 6.07) is 0.374. The van der Waals surface area contributed by atoms with Gasteiger partial charge in [-0.1, -0.05) is 37.3 Å². The molecule has 2 aliphatic carbocycles. The second-order valence-electron chi connectivity index (χ2n) is 4.72. The van der Waals surface area contributed by atoms with Crippen molar-refractivity contribution >= 4 is 0 Å². The van der Waals surface area contributed by atoms with Gasteiger partial charge in [0.1, 0.15) is 0 Å². The van der Waals surface area contributed by atoms with Crippen molar-refractivity contribution in [2.24, 2.45) is 11.7 Å². The number of allylic oxidation sites excluding steroid dienone is 1. The average molecular weight is 179 g/mol. The molecule has 1 unspecified atom stereocenters. The van der Waals surface area contributed by atoms with Crippen LogP contribution in [0.25, 0.3) is 0 Å². The van der Waals surface area contributed by atoms with Gasteiger partial charge in [-0.15, -0.1) is 0 Å². The zero-order valence-corrected chi connectivity index (χ0v) is 8.47. The maximum absolute atomic E-state index is 5.83. The van der Waals surface area contributed by atoms with E-state index in [4.69, 9.17) is 5.73 Å². The largest absolute Gasteiger partial charge is 0.324 e. The molecule has 1 heteroatoms. The van der Waals surface area contributed by atoms with Crippen molar-refractivity contribution in [3.8, 4) is 0 Å². The highest BCUT2D eigenvalue weighted by molar-refractivity contribution is 5.13. The van der Waals surface area contributed by atoms with E-state index >= 15 is 0 Å². The minimum atomic E-state index is 0.374. The Bertz CT molecular complexity index is 189. The lowest BCUT2D eigenvalue weighted by Gasteiger charge is -2.08. The van der Waals surface area contributed by atoms with E-state index in [1.807, 2.05) is 0 Å². The monoisotopic (exact) mass is 179 g/mol. The van der Waals surface area contributed by atoms with Crippen LogP contribution in [0.1, 0.15) is 51.4 Å². The van der Waals surface area contributed by atoms with Crippen LogP contribution in [-0.2, 0) is 0 Å². The molecule has 1 fully saturated rings. The van der Waals surface area contributed by atoms with Crippen LogP contribution in [0.3, 0.4) is 0 Å². The third kappa shape index (κ3) is 2.57. The number of hydrogen-bond donors (Lipinski definition) is 1. The summed E-state index contributed by atoms with van der Waals surface area (Å²) in [4.78, 5) is 0. The van der Waals surface area contributed by atoms with Gasteiger partial charge >= 0.3 is 0 Å². The van der Waals surface area contributed by atoms with E-state index in [9.17, 15) is 0 Å². The molecule has 0 saturated heterocycles. The lowest BCUT2D eigenvalue weighted by molar-refractivity contribution is 0.500. The van der Waals surface area contributed by atoms with Crippen LogP contribution >= 0.6 is 0 Å². The van der Waals surface area contributed by atoms with Crippen molar-refractivity contribution in [1.29, 1.82) is 0 Å². The van der Waals surface area contributed by atoms with E-state index in [1.54, 1.807) is 5.57 Å². The first-order valence-electron chi connectivity index (χ1n) is 5.80. The Morgan fingerprint density at radius 3 is 2.62 bits per heavy atom. The zero-order valence-electron chi connectivity index (χ0n) is 8.47. The van der Waals surface area contributed by atoms with Crippen LogP contribution in [0.2, 0.25) is 0 Å². The lowest BCUT2D eigenvalue weighted by Crippen LogP contribution is -2.11. The standard InChI is InChI=1S/C12H21N/c13-12-8-7-11(9-12)6-5-10-3-1-2-4-10/h9-10,12H,1-8,13H2. The number of hydrogen-bond acceptors (Lipinski definition) is 1. The summed E-state index contributed by atoms with van der Waals surface area (Å²) in [5.74, 6) is 1.04. The summed E-state index contributed by atoms with van der Waals surface area (Å²) in [7, 11) is 0. The molecule has 0 radical (unpaired) electrons. The third-order valence-electron chi connectivity index (χ3n) is 3.60. The predicted octanol–water partition coefficient (Wildman–Crippen LogP) is 3.00. The van der Waals surface area contributed by atoms with Crippen molar-refractivity contribution in [2.45, 2.75) is 57.4 Å². The summed E-state index contributed by atoms with van der Waals surface area (Å²) < 4.78 is 0. The molecule has 13 heavy (non-hydrogen) atoms. The highest BCUT2D eigenvalue weighted by Crippen LogP contribution is 2.31. The topological polar surface area (TPSA) is 26.0 Å². The molecule has 0 aliphatic heterocycles. The Balaban J connectivity index is 1.70. The Kier molecular flexibility index (Phi) is 3.05. The molecule has 0 heterocycles. The van der Waals surface area contributed by atoms with E-state index in [2.05, 4.69) is 6.08 Å². The van der Waals surface area contributed by atoms with Gasteiger partial charge in [-0.25, -0.2) is 0 Å². The first-order valence-corrected chi connectivity index (χ1v) is 5.80. The lowest BCUT2D eigenvalue weighted by atomic mass is 9.98. The molecule has 0 aromatic heterocycles. The van der Waals surface area contributed by atoms with Crippen LogP contribution in [0.5, 0.6) is 0 Å². The van der Waals surface area contributed by atoms with Gasteiger partial charge in [0.2, 0.25) is 0 Å². The maximum atomic E-state index is 5.83. The van der Waals surface area contributed by atoms with E-state index in [1.165, 1.54) is 51.4 Å². The van der Waals surface area contributed by atoms with Gasteiger partial charge in [-0.2, -0.15) is 0 Å². The second-order valence-corrected chi connectivity index (χ2v) is 4.72. The summed E-state index contributed by atoms with van der Waals surface area (Å²) in [6.07, 6.45) is 13.4. The molecule has 0 aromatic rings. The SMILES string of the molecule is NC1C=C(CCC2CCCC2)CC1. The predicted molar refractivity (Wildman–Crippen MR) is 56.5 cm³/mol.